The van der Waals surface area contributed by atoms with Crippen molar-refractivity contribution in [2.24, 2.45) is 11.8 Å². The lowest BCUT2D eigenvalue weighted by Gasteiger charge is -2.29. The number of nitrogens with zero attached hydrogens (tertiary/aromatic N) is 2. The molecule has 3 saturated heterocycles. The summed E-state index contributed by atoms with van der Waals surface area (Å²) >= 11 is 0. The lowest BCUT2D eigenvalue weighted by atomic mass is 9.92. The smallest absolute Gasteiger partial charge is 0.254 e. The zero-order valence-electron chi connectivity index (χ0n) is 14.5. The van der Waals surface area contributed by atoms with Crippen LogP contribution >= 0.6 is 0 Å². The van der Waals surface area contributed by atoms with Crippen molar-refractivity contribution < 1.29 is 19.2 Å². The molecule has 0 saturated carbocycles. The van der Waals surface area contributed by atoms with Crippen molar-refractivity contribution in [3.63, 3.8) is 0 Å². The molecule has 6 nitrogen and oxygen atoms in total. The Balaban J connectivity index is 1.45. The second-order valence-electron chi connectivity index (χ2n) is 7.15. The van der Waals surface area contributed by atoms with E-state index in [2.05, 4.69) is 0 Å². The second kappa shape index (κ2) is 6.77. The molecule has 0 radical (unpaired) electrons. The first-order valence-corrected chi connectivity index (χ1v) is 9.06. The predicted octanol–water partition coefficient (Wildman–Crippen LogP) is 1.64. The summed E-state index contributed by atoms with van der Waals surface area (Å²) in [4.78, 5) is 32.9. The molecule has 3 aliphatic rings. The fraction of sp³-hybridized carbons (Fsp3) is 0.579. The first-order chi connectivity index (χ1) is 12.1. The van der Waals surface area contributed by atoms with Crippen molar-refractivity contribution in [2.75, 3.05) is 32.8 Å². The van der Waals surface area contributed by atoms with Crippen molar-refractivity contribution in [3.8, 4) is 0 Å². The minimum absolute atomic E-state index is 0.0115. The Labute approximate surface area is 147 Å². The molecule has 3 atom stereocenters. The van der Waals surface area contributed by atoms with Crippen LogP contribution in [-0.4, -0.2) is 60.7 Å². The number of likely N-dealkylation sites (tertiary alicyclic amines) is 1. The lowest BCUT2D eigenvalue weighted by Crippen LogP contribution is -2.43. The van der Waals surface area contributed by atoms with Crippen LogP contribution in [0.4, 0.5) is 0 Å². The number of hydroxylamine groups is 2. The molecule has 3 heterocycles. The highest BCUT2D eigenvalue weighted by Crippen LogP contribution is 2.36. The van der Waals surface area contributed by atoms with Crippen LogP contribution in [0.15, 0.2) is 24.3 Å². The number of carbonyl (C=O) groups excluding carboxylic acids is 2. The zero-order chi connectivity index (χ0) is 17.4. The van der Waals surface area contributed by atoms with E-state index in [4.69, 9.17) is 9.57 Å². The molecule has 25 heavy (non-hydrogen) atoms. The van der Waals surface area contributed by atoms with Crippen LogP contribution in [-0.2, 0) is 14.4 Å². The van der Waals surface area contributed by atoms with Gasteiger partial charge in [0, 0.05) is 31.1 Å². The third-order valence-electron chi connectivity index (χ3n) is 5.54. The number of fused-ring (bicyclic) bond motifs is 1. The highest BCUT2D eigenvalue weighted by atomic mass is 16.7. The van der Waals surface area contributed by atoms with Crippen LogP contribution in [0.3, 0.4) is 0 Å². The number of aryl methyl sites for hydroxylation is 1. The van der Waals surface area contributed by atoms with Gasteiger partial charge in [0.25, 0.3) is 11.8 Å². The van der Waals surface area contributed by atoms with Crippen molar-refractivity contribution in [1.29, 1.82) is 0 Å². The molecule has 0 N–H and O–H groups in total. The largest absolute Gasteiger partial charge is 0.375 e. The fourth-order valence-electron chi connectivity index (χ4n) is 4.07. The quantitative estimate of drug-likeness (QED) is 0.818. The Bertz CT molecular complexity index is 671. The van der Waals surface area contributed by atoms with Gasteiger partial charge in [-0.2, -0.15) is 0 Å². The first-order valence-electron chi connectivity index (χ1n) is 9.06. The van der Waals surface area contributed by atoms with Crippen LogP contribution in [0.1, 0.15) is 28.8 Å². The molecule has 0 spiro atoms. The molecule has 3 aliphatic heterocycles. The normalized spacial score (nSPS) is 28.9. The van der Waals surface area contributed by atoms with Crippen molar-refractivity contribution in [1.82, 2.24) is 9.96 Å². The van der Waals surface area contributed by atoms with Gasteiger partial charge < -0.3 is 9.64 Å². The van der Waals surface area contributed by atoms with E-state index in [1.165, 1.54) is 5.06 Å². The van der Waals surface area contributed by atoms with E-state index < -0.39 is 0 Å². The monoisotopic (exact) mass is 344 g/mol. The van der Waals surface area contributed by atoms with Crippen LogP contribution in [0, 0.1) is 18.8 Å². The number of rotatable bonds is 2. The van der Waals surface area contributed by atoms with Gasteiger partial charge >= 0.3 is 0 Å². The molecule has 2 amide bonds. The predicted molar refractivity (Wildman–Crippen MR) is 90.7 cm³/mol. The van der Waals surface area contributed by atoms with Gasteiger partial charge in [0.05, 0.1) is 25.2 Å². The molecule has 0 unspecified atom stereocenters. The number of amides is 2. The molecule has 3 fully saturated rings. The topological polar surface area (TPSA) is 59.1 Å². The maximum Gasteiger partial charge on any atom is 0.254 e. The standard InChI is InChI=1S/C19H24N2O4/c1-13-6-2-3-7-14(13)18(22)20-10-15-16(12-24-17(15)11-20)19(23)21-8-4-5-9-25-21/h2-3,6-7,15-17H,4-5,8-12H2,1H3/t15-,16+,17-/m1/s1. The molecule has 0 aliphatic carbocycles. The van der Waals surface area contributed by atoms with Gasteiger partial charge in [0.15, 0.2) is 0 Å². The maximum absolute atomic E-state index is 12.8. The van der Waals surface area contributed by atoms with Gasteiger partial charge in [0.2, 0.25) is 0 Å². The summed E-state index contributed by atoms with van der Waals surface area (Å²) in [7, 11) is 0. The Morgan fingerprint density at radius 2 is 2.00 bits per heavy atom. The van der Waals surface area contributed by atoms with Crippen LogP contribution < -0.4 is 0 Å². The van der Waals surface area contributed by atoms with E-state index in [9.17, 15) is 9.59 Å². The molecule has 0 aromatic heterocycles. The Morgan fingerprint density at radius 1 is 1.16 bits per heavy atom. The third-order valence-corrected chi connectivity index (χ3v) is 5.54. The average molecular weight is 344 g/mol. The minimum atomic E-state index is -0.210. The summed E-state index contributed by atoms with van der Waals surface area (Å²) in [6.45, 7) is 4.76. The van der Waals surface area contributed by atoms with Crippen molar-refractivity contribution in [3.05, 3.63) is 35.4 Å². The van der Waals surface area contributed by atoms with E-state index in [1.54, 1.807) is 0 Å². The Morgan fingerprint density at radius 3 is 2.76 bits per heavy atom. The van der Waals surface area contributed by atoms with E-state index in [1.807, 2.05) is 36.1 Å². The lowest BCUT2D eigenvalue weighted by molar-refractivity contribution is -0.202. The molecule has 0 bridgehead atoms. The summed E-state index contributed by atoms with van der Waals surface area (Å²) in [6.07, 6.45) is 1.92. The van der Waals surface area contributed by atoms with Gasteiger partial charge in [-0.05, 0) is 31.4 Å². The van der Waals surface area contributed by atoms with Gasteiger partial charge in [-0.25, -0.2) is 5.06 Å². The summed E-state index contributed by atoms with van der Waals surface area (Å²) in [5.41, 5.74) is 1.70. The van der Waals surface area contributed by atoms with E-state index in [-0.39, 0.29) is 29.8 Å². The van der Waals surface area contributed by atoms with Crippen molar-refractivity contribution in [2.45, 2.75) is 25.9 Å². The SMILES string of the molecule is Cc1ccccc1C(=O)N1C[C@@H]2[C@@H](C(=O)N3CCCCO3)CO[C@@H]2C1. The zero-order valence-corrected chi connectivity index (χ0v) is 14.5. The number of hydrogen-bond acceptors (Lipinski definition) is 4. The van der Waals surface area contributed by atoms with Crippen LogP contribution in [0.25, 0.3) is 0 Å². The molecule has 1 aromatic carbocycles. The number of benzene rings is 1. The molecular weight excluding hydrogens is 320 g/mol. The average Bonchev–Trinajstić information content (AvgIpc) is 3.22. The van der Waals surface area contributed by atoms with E-state index >= 15 is 0 Å². The summed E-state index contributed by atoms with van der Waals surface area (Å²) in [5, 5.41) is 1.51. The number of hydrogen-bond donors (Lipinski definition) is 0. The fourth-order valence-corrected chi connectivity index (χ4v) is 4.07. The number of carbonyl (C=O) groups is 2. The van der Waals surface area contributed by atoms with Crippen molar-refractivity contribution >= 4 is 11.8 Å². The Kier molecular flexibility index (Phi) is 4.48. The summed E-state index contributed by atoms with van der Waals surface area (Å²) in [5.74, 6) is -0.113. The van der Waals surface area contributed by atoms with Gasteiger partial charge in [-0.1, -0.05) is 18.2 Å². The van der Waals surface area contributed by atoms with Gasteiger partial charge in [0.1, 0.15) is 0 Å². The molecule has 1 aromatic rings. The van der Waals surface area contributed by atoms with Crippen LogP contribution in [0.5, 0.6) is 0 Å². The summed E-state index contributed by atoms with van der Waals surface area (Å²) < 4.78 is 5.85. The molecule has 4 rings (SSSR count). The second-order valence-corrected chi connectivity index (χ2v) is 7.15. The third kappa shape index (κ3) is 3.04. The maximum atomic E-state index is 12.8. The number of ether oxygens (including phenoxy) is 1. The minimum Gasteiger partial charge on any atom is -0.375 e. The molecule has 134 valence electrons. The highest BCUT2D eigenvalue weighted by molar-refractivity contribution is 5.96. The van der Waals surface area contributed by atoms with Gasteiger partial charge in [-0.15, -0.1) is 0 Å². The molecular formula is C19H24N2O4. The Hall–Kier alpha value is -1.92. The molecule has 6 heteroatoms. The van der Waals surface area contributed by atoms with E-state index in [0.29, 0.717) is 32.8 Å². The summed E-state index contributed by atoms with van der Waals surface area (Å²) in [6, 6.07) is 7.62. The van der Waals surface area contributed by atoms with Gasteiger partial charge in [-0.3, -0.25) is 14.4 Å². The highest BCUT2D eigenvalue weighted by Gasteiger charge is 2.49. The van der Waals surface area contributed by atoms with Crippen LogP contribution in [0.2, 0.25) is 0 Å². The first kappa shape index (κ1) is 16.5. The van der Waals surface area contributed by atoms with E-state index in [0.717, 1.165) is 24.0 Å².